The number of hydrogen-bond donors (Lipinski definition) is 1. The van der Waals surface area contributed by atoms with Crippen LogP contribution in [0.4, 0.5) is 5.69 Å². The Bertz CT molecular complexity index is 1140. The first-order valence-electron chi connectivity index (χ1n) is 12.1. The average Bonchev–Trinajstić information content (AvgIpc) is 2.83. The largest absolute Gasteiger partial charge is 0.492 e. The number of hydrogen-bond acceptors (Lipinski definition) is 5. The van der Waals surface area contributed by atoms with E-state index >= 15 is 0 Å². The Morgan fingerprint density at radius 2 is 1.67 bits per heavy atom. The van der Waals surface area contributed by atoms with Crippen LogP contribution in [-0.2, 0) is 26.2 Å². The van der Waals surface area contributed by atoms with Crippen molar-refractivity contribution in [1.29, 1.82) is 0 Å². The van der Waals surface area contributed by atoms with Crippen LogP contribution in [0.2, 0.25) is 5.02 Å². The molecule has 198 valence electrons. The van der Waals surface area contributed by atoms with Crippen molar-refractivity contribution in [1.82, 2.24) is 10.2 Å². The summed E-state index contributed by atoms with van der Waals surface area (Å²) >= 11 is 6.38. The highest BCUT2D eigenvalue weighted by atomic mass is 35.5. The smallest absolute Gasteiger partial charge is 0.244 e. The molecule has 2 amide bonds. The van der Waals surface area contributed by atoms with Crippen molar-refractivity contribution in [2.24, 2.45) is 0 Å². The van der Waals surface area contributed by atoms with Crippen LogP contribution in [0.3, 0.4) is 0 Å². The molecule has 8 nitrogen and oxygen atoms in total. The zero-order chi connectivity index (χ0) is 26.9. The molecular weight excluding hydrogens is 502 g/mol. The molecule has 0 fully saturated rings. The highest BCUT2D eigenvalue weighted by Crippen LogP contribution is 2.30. The van der Waals surface area contributed by atoms with Gasteiger partial charge in [-0.05, 0) is 50.5 Å². The first-order chi connectivity index (χ1) is 17.0. The standard InChI is InChI=1S/C26H36ClN3O5S/c1-6-19(4)28-26(32)22(7-2)29(17-20-13-9-10-14-21(20)27)25(31)18-30(36(5,33)34)23-15-11-12-16-24(23)35-8-3/h9-16,19,22H,6-8,17-18H2,1-5H3,(H,28,32)/t19-,22-/m1/s1. The Hall–Kier alpha value is -2.78. The quantitative estimate of drug-likeness (QED) is 0.412. The van der Waals surface area contributed by atoms with Crippen molar-refractivity contribution >= 4 is 39.1 Å². The molecule has 0 aliphatic rings. The number of amides is 2. The van der Waals surface area contributed by atoms with E-state index in [9.17, 15) is 18.0 Å². The molecule has 0 saturated carbocycles. The van der Waals surface area contributed by atoms with Crippen LogP contribution in [0.25, 0.3) is 0 Å². The zero-order valence-corrected chi connectivity index (χ0v) is 23.1. The third-order valence-electron chi connectivity index (χ3n) is 5.80. The van der Waals surface area contributed by atoms with Crippen molar-refractivity contribution in [2.75, 3.05) is 23.7 Å². The van der Waals surface area contributed by atoms with Gasteiger partial charge < -0.3 is 15.0 Å². The minimum absolute atomic E-state index is 0.0512. The first kappa shape index (κ1) is 29.5. The van der Waals surface area contributed by atoms with Crippen molar-refractivity contribution in [3.05, 3.63) is 59.1 Å². The normalized spacial score (nSPS) is 12.9. The maximum absolute atomic E-state index is 13.8. The van der Waals surface area contributed by atoms with Crippen molar-refractivity contribution < 1.29 is 22.7 Å². The van der Waals surface area contributed by atoms with E-state index in [4.69, 9.17) is 16.3 Å². The number of rotatable bonds is 13. The molecule has 0 heterocycles. The van der Waals surface area contributed by atoms with Gasteiger partial charge in [0.05, 0.1) is 18.6 Å². The van der Waals surface area contributed by atoms with Gasteiger partial charge in [0.25, 0.3) is 0 Å². The lowest BCUT2D eigenvalue weighted by atomic mass is 10.1. The number of nitrogens with zero attached hydrogens (tertiary/aromatic N) is 2. The number of ether oxygens (including phenoxy) is 1. The summed E-state index contributed by atoms with van der Waals surface area (Å²) in [6.07, 6.45) is 2.11. The van der Waals surface area contributed by atoms with Crippen molar-refractivity contribution in [2.45, 2.75) is 59.2 Å². The minimum atomic E-state index is -3.86. The summed E-state index contributed by atoms with van der Waals surface area (Å²) in [5.41, 5.74) is 0.910. The topological polar surface area (TPSA) is 96.0 Å². The SMILES string of the molecule is CCOc1ccccc1N(CC(=O)N(Cc1ccccc1Cl)[C@H](CC)C(=O)N[C@H](C)CC)S(C)(=O)=O. The fourth-order valence-electron chi connectivity index (χ4n) is 3.71. The molecule has 1 N–H and O–H groups in total. The van der Waals surface area contributed by atoms with Crippen molar-refractivity contribution in [3.63, 3.8) is 0 Å². The molecule has 2 rings (SSSR count). The van der Waals surface area contributed by atoms with Crippen LogP contribution < -0.4 is 14.4 Å². The molecule has 0 aliphatic heterocycles. The molecule has 0 spiro atoms. The van der Waals surface area contributed by atoms with Crippen LogP contribution in [0, 0.1) is 0 Å². The van der Waals surface area contributed by atoms with E-state index in [2.05, 4.69) is 5.32 Å². The molecule has 0 aliphatic carbocycles. The Kier molecular flexibility index (Phi) is 11.0. The molecular formula is C26H36ClN3O5S. The van der Waals surface area contributed by atoms with E-state index in [1.807, 2.05) is 20.8 Å². The van der Waals surface area contributed by atoms with Crippen molar-refractivity contribution in [3.8, 4) is 5.75 Å². The summed E-state index contributed by atoms with van der Waals surface area (Å²) in [6, 6.07) is 12.8. The number of para-hydroxylation sites is 2. The number of sulfonamides is 1. The number of carbonyl (C=O) groups is 2. The number of carbonyl (C=O) groups excluding carboxylic acids is 2. The zero-order valence-electron chi connectivity index (χ0n) is 21.5. The predicted molar refractivity (Wildman–Crippen MR) is 144 cm³/mol. The van der Waals surface area contributed by atoms with E-state index in [0.717, 1.165) is 17.0 Å². The summed E-state index contributed by atoms with van der Waals surface area (Å²) < 4.78 is 32.3. The summed E-state index contributed by atoms with van der Waals surface area (Å²) in [5.74, 6) is -0.483. The van der Waals surface area contributed by atoms with E-state index in [1.54, 1.807) is 55.5 Å². The third kappa shape index (κ3) is 7.86. The minimum Gasteiger partial charge on any atom is -0.492 e. The van der Waals surface area contributed by atoms with E-state index < -0.39 is 28.5 Å². The van der Waals surface area contributed by atoms with Gasteiger partial charge in [-0.2, -0.15) is 0 Å². The van der Waals surface area contributed by atoms with Gasteiger partial charge >= 0.3 is 0 Å². The Morgan fingerprint density at radius 1 is 1.03 bits per heavy atom. The van der Waals surface area contributed by atoms with E-state index in [1.165, 1.54) is 4.90 Å². The highest BCUT2D eigenvalue weighted by molar-refractivity contribution is 7.92. The average molecular weight is 538 g/mol. The van der Waals surface area contributed by atoms with Gasteiger partial charge in [-0.15, -0.1) is 0 Å². The maximum atomic E-state index is 13.8. The van der Waals surface area contributed by atoms with Crippen LogP contribution in [0.15, 0.2) is 48.5 Å². The van der Waals surface area contributed by atoms with E-state index in [0.29, 0.717) is 29.4 Å². The van der Waals surface area contributed by atoms with E-state index in [-0.39, 0.29) is 24.2 Å². The third-order valence-corrected chi connectivity index (χ3v) is 7.29. The molecule has 2 aromatic carbocycles. The molecule has 0 bridgehead atoms. The Labute approximate surface area is 219 Å². The molecule has 0 unspecified atom stereocenters. The molecule has 0 radical (unpaired) electrons. The summed E-state index contributed by atoms with van der Waals surface area (Å²) in [5, 5.41) is 3.39. The maximum Gasteiger partial charge on any atom is 0.244 e. The summed E-state index contributed by atoms with van der Waals surface area (Å²) in [6.45, 7) is 7.33. The van der Waals surface area contributed by atoms with Gasteiger partial charge in [-0.3, -0.25) is 13.9 Å². The van der Waals surface area contributed by atoms with Gasteiger partial charge in [-0.1, -0.05) is 55.8 Å². The first-order valence-corrected chi connectivity index (χ1v) is 14.3. The van der Waals surface area contributed by atoms with Crippen LogP contribution in [0.5, 0.6) is 5.75 Å². The van der Waals surface area contributed by atoms with Gasteiger partial charge in [0.1, 0.15) is 18.3 Å². The lowest BCUT2D eigenvalue weighted by Crippen LogP contribution is -2.53. The van der Waals surface area contributed by atoms with Gasteiger partial charge in [0, 0.05) is 17.6 Å². The fourth-order valence-corrected chi connectivity index (χ4v) is 4.75. The number of benzene rings is 2. The number of halogens is 1. The molecule has 0 aromatic heterocycles. The number of nitrogens with one attached hydrogen (secondary N) is 1. The lowest BCUT2D eigenvalue weighted by Gasteiger charge is -2.33. The highest BCUT2D eigenvalue weighted by Gasteiger charge is 2.33. The molecule has 2 aromatic rings. The fraction of sp³-hybridized carbons (Fsp3) is 0.462. The van der Waals surface area contributed by atoms with Gasteiger partial charge in [0.2, 0.25) is 21.8 Å². The Morgan fingerprint density at radius 3 is 2.25 bits per heavy atom. The summed E-state index contributed by atoms with van der Waals surface area (Å²) in [7, 11) is -3.86. The summed E-state index contributed by atoms with van der Waals surface area (Å²) in [4.78, 5) is 28.3. The Balaban J connectivity index is 2.50. The van der Waals surface area contributed by atoms with Gasteiger partial charge in [0.15, 0.2) is 0 Å². The molecule has 0 saturated heterocycles. The second kappa shape index (κ2) is 13.5. The molecule has 2 atom stereocenters. The lowest BCUT2D eigenvalue weighted by molar-refractivity contribution is -0.140. The van der Waals surface area contributed by atoms with Crippen LogP contribution >= 0.6 is 11.6 Å². The number of anilines is 1. The molecule has 10 heteroatoms. The monoisotopic (exact) mass is 537 g/mol. The second-order valence-electron chi connectivity index (χ2n) is 8.53. The van der Waals surface area contributed by atoms with Gasteiger partial charge in [-0.25, -0.2) is 8.42 Å². The molecule has 36 heavy (non-hydrogen) atoms. The van der Waals surface area contributed by atoms with Crippen LogP contribution in [-0.4, -0.2) is 56.6 Å². The second-order valence-corrected chi connectivity index (χ2v) is 10.8. The predicted octanol–water partition coefficient (Wildman–Crippen LogP) is 4.23. The van der Waals surface area contributed by atoms with Crippen LogP contribution in [0.1, 0.15) is 46.1 Å².